The highest BCUT2D eigenvalue weighted by Crippen LogP contribution is 2.23. The van der Waals surface area contributed by atoms with E-state index in [1.54, 1.807) is 7.11 Å². The van der Waals surface area contributed by atoms with Crippen molar-refractivity contribution in [2.24, 2.45) is 5.92 Å². The maximum Gasteiger partial charge on any atom is 0.253 e. The van der Waals surface area contributed by atoms with E-state index in [1.165, 1.54) is 0 Å². The molecule has 1 aromatic carbocycles. The molecule has 0 aromatic heterocycles. The summed E-state index contributed by atoms with van der Waals surface area (Å²) in [4.78, 5) is 26.9. The topological polar surface area (TPSA) is 70.7 Å². The van der Waals surface area contributed by atoms with Crippen LogP contribution >= 0.6 is 12.4 Å². The van der Waals surface area contributed by atoms with Crippen molar-refractivity contribution in [2.75, 3.05) is 33.3 Å². The quantitative estimate of drug-likeness (QED) is 0.801. The molecule has 3 rings (SSSR count). The van der Waals surface area contributed by atoms with Crippen LogP contribution < -0.4 is 15.4 Å². The predicted molar refractivity (Wildman–Crippen MR) is 108 cm³/mol. The fraction of sp³-hybridized carbons (Fsp3) is 0.600. The average Bonchev–Trinajstić information content (AvgIpc) is 3.21. The van der Waals surface area contributed by atoms with Gasteiger partial charge >= 0.3 is 0 Å². The smallest absolute Gasteiger partial charge is 0.253 e. The van der Waals surface area contributed by atoms with Gasteiger partial charge in [-0.05, 0) is 62.8 Å². The van der Waals surface area contributed by atoms with Crippen molar-refractivity contribution in [1.82, 2.24) is 15.5 Å². The molecular weight excluding hydrogens is 366 g/mol. The SMILES string of the molecule is COc1cc(C(=O)N2CCCC(CNC(=O)C3CCCN3)C2)ccc1C.Cl. The summed E-state index contributed by atoms with van der Waals surface area (Å²) in [6.07, 6.45) is 3.98. The lowest BCUT2D eigenvalue weighted by molar-refractivity contribution is -0.123. The fourth-order valence-electron chi connectivity index (χ4n) is 3.83. The van der Waals surface area contributed by atoms with Crippen molar-refractivity contribution < 1.29 is 14.3 Å². The largest absolute Gasteiger partial charge is 0.496 e. The highest BCUT2D eigenvalue weighted by molar-refractivity contribution is 5.94. The first-order valence-corrected chi connectivity index (χ1v) is 9.53. The summed E-state index contributed by atoms with van der Waals surface area (Å²) in [5, 5.41) is 6.28. The van der Waals surface area contributed by atoms with Crippen molar-refractivity contribution in [1.29, 1.82) is 0 Å². The first-order valence-electron chi connectivity index (χ1n) is 9.53. The molecule has 1 aromatic rings. The number of hydrogen-bond acceptors (Lipinski definition) is 4. The van der Waals surface area contributed by atoms with E-state index in [4.69, 9.17) is 4.74 Å². The second-order valence-corrected chi connectivity index (χ2v) is 7.34. The van der Waals surface area contributed by atoms with Gasteiger partial charge in [-0.25, -0.2) is 0 Å². The van der Waals surface area contributed by atoms with Gasteiger partial charge in [0.1, 0.15) is 5.75 Å². The zero-order valence-electron chi connectivity index (χ0n) is 16.1. The van der Waals surface area contributed by atoms with E-state index in [9.17, 15) is 9.59 Å². The van der Waals surface area contributed by atoms with Crippen LogP contribution in [0, 0.1) is 12.8 Å². The number of benzene rings is 1. The molecule has 27 heavy (non-hydrogen) atoms. The van der Waals surface area contributed by atoms with Gasteiger partial charge in [0.15, 0.2) is 0 Å². The second-order valence-electron chi connectivity index (χ2n) is 7.34. The maximum absolute atomic E-state index is 12.8. The van der Waals surface area contributed by atoms with E-state index >= 15 is 0 Å². The van der Waals surface area contributed by atoms with Crippen molar-refractivity contribution >= 4 is 24.2 Å². The number of likely N-dealkylation sites (tertiary alicyclic amines) is 1. The number of nitrogens with one attached hydrogen (secondary N) is 2. The highest BCUT2D eigenvalue weighted by atomic mass is 35.5. The molecule has 2 heterocycles. The van der Waals surface area contributed by atoms with Crippen LogP contribution in [0.5, 0.6) is 5.75 Å². The van der Waals surface area contributed by atoms with Crippen LogP contribution in [-0.4, -0.2) is 56.0 Å². The Bertz CT molecular complexity index is 662. The summed E-state index contributed by atoms with van der Waals surface area (Å²) >= 11 is 0. The van der Waals surface area contributed by atoms with Crippen LogP contribution in [0.4, 0.5) is 0 Å². The molecule has 2 amide bonds. The van der Waals surface area contributed by atoms with Crippen LogP contribution in [0.15, 0.2) is 18.2 Å². The second kappa shape index (κ2) is 9.95. The molecule has 2 aliphatic rings. The number of ether oxygens (including phenoxy) is 1. The Kier molecular flexibility index (Phi) is 7.92. The maximum atomic E-state index is 12.8. The lowest BCUT2D eigenvalue weighted by Gasteiger charge is -2.33. The van der Waals surface area contributed by atoms with Gasteiger partial charge in [-0.15, -0.1) is 12.4 Å². The summed E-state index contributed by atoms with van der Waals surface area (Å²) in [6, 6.07) is 5.55. The Balaban J connectivity index is 0.00000261. The monoisotopic (exact) mass is 395 g/mol. The number of carbonyl (C=O) groups excluding carboxylic acids is 2. The Hall–Kier alpha value is -1.79. The summed E-state index contributed by atoms with van der Waals surface area (Å²) in [5.74, 6) is 1.18. The van der Waals surface area contributed by atoms with Gasteiger partial charge in [-0.2, -0.15) is 0 Å². The number of aryl methyl sites for hydroxylation is 1. The van der Waals surface area contributed by atoms with E-state index in [1.807, 2.05) is 30.0 Å². The van der Waals surface area contributed by atoms with Crippen molar-refractivity contribution in [2.45, 2.75) is 38.6 Å². The minimum absolute atomic E-state index is 0. The molecule has 150 valence electrons. The van der Waals surface area contributed by atoms with Gasteiger partial charge < -0.3 is 20.3 Å². The molecule has 2 fully saturated rings. The van der Waals surface area contributed by atoms with Gasteiger partial charge in [-0.1, -0.05) is 6.07 Å². The Morgan fingerprint density at radius 2 is 2.11 bits per heavy atom. The lowest BCUT2D eigenvalue weighted by Crippen LogP contribution is -2.46. The molecule has 2 N–H and O–H groups in total. The third kappa shape index (κ3) is 5.36. The first-order chi connectivity index (χ1) is 12.6. The lowest BCUT2D eigenvalue weighted by atomic mass is 9.97. The first kappa shape index (κ1) is 21.5. The number of rotatable bonds is 5. The normalized spacial score (nSPS) is 22.1. The van der Waals surface area contributed by atoms with E-state index in [0.29, 0.717) is 24.6 Å². The number of piperidine rings is 1. The summed E-state index contributed by atoms with van der Waals surface area (Å²) in [6.45, 7) is 4.98. The summed E-state index contributed by atoms with van der Waals surface area (Å²) in [5.41, 5.74) is 1.68. The number of methoxy groups -OCH3 is 1. The Morgan fingerprint density at radius 3 is 2.81 bits per heavy atom. The van der Waals surface area contributed by atoms with Gasteiger partial charge in [0, 0.05) is 25.2 Å². The van der Waals surface area contributed by atoms with Crippen molar-refractivity contribution in [3.8, 4) is 5.75 Å². The number of nitrogens with zero attached hydrogens (tertiary/aromatic N) is 1. The van der Waals surface area contributed by atoms with Gasteiger partial charge in [0.25, 0.3) is 5.91 Å². The molecule has 0 saturated carbocycles. The molecular formula is C20H30ClN3O3. The van der Waals surface area contributed by atoms with E-state index in [2.05, 4.69) is 10.6 Å². The standard InChI is InChI=1S/C20H29N3O3.ClH/c1-14-7-8-16(11-18(14)26-2)20(25)23-10-4-5-15(13-23)12-22-19(24)17-6-3-9-21-17;/h7-8,11,15,17,21H,3-6,9-10,12-13H2,1-2H3,(H,22,24);1H. The predicted octanol–water partition coefficient (Wildman–Crippen LogP) is 2.15. The Morgan fingerprint density at radius 1 is 1.30 bits per heavy atom. The van der Waals surface area contributed by atoms with Crippen LogP contribution in [0.2, 0.25) is 0 Å². The average molecular weight is 396 g/mol. The van der Waals surface area contributed by atoms with Gasteiger partial charge in [-0.3, -0.25) is 9.59 Å². The third-order valence-electron chi connectivity index (χ3n) is 5.40. The van der Waals surface area contributed by atoms with Crippen LogP contribution in [0.1, 0.15) is 41.6 Å². The molecule has 0 spiro atoms. The molecule has 2 aliphatic heterocycles. The van der Waals surface area contributed by atoms with E-state index in [-0.39, 0.29) is 30.3 Å². The minimum atomic E-state index is -0.0450. The molecule has 6 nitrogen and oxygen atoms in total. The zero-order chi connectivity index (χ0) is 18.5. The number of halogens is 1. The molecule has 2 saturated heterocycles. The number of amides is 2. The molecule has 2 unspecified atom stereocenters. The molecule has 0 radical (unpaired) electrons. The van der Waals surface area contributed by atoms with Crippen molar-refractivity contribution in [3.63, 3.8) is 0 Å². The fourth-order valence-corrected chi connectivity index (χ4v) is 3.83. The third-order valence-corrected chi connectivity index (χ3v) is 5.40. The van der Waals surface area contributed by atoms with Crippen molar-refractivity contribution in [3.05, 3.63) is 29.3 Å². The minimum Gasteiger partial charge on any atom is -0.496 e. The van der Waals surface area contributed by atoms with E-state index in [0.717, 1.165) is 50.1 Å². The van der Waals surface area contributed by atoms with E-state index < -0.39 is 0 Å². The van der Waals surface area contributed by atoms with Crippen LogP contribution in [-0.2, 0) is 4.79 Å². The molecule has 7 heteroatoms. The Labute approximate surface area is 167 Å². The molecule has 0 aliphatic carbocycles. The summed E-state index contributed by atoms with van der Waals surface area (Å²) in [7, 11) is 1.62. The molecule has 2 atom stereocenters. The van der Waals surface area contributed by atoms with Crippen LogP contribution in [0.25, 0.3) is 0 Å². The van der Waals surface area contributed by atoms with Gasteiger partial charge in [0.2, 0.25) is 5.91 Å². The zero-order valence-corrected chi connectivity index (χ0v) is 16.9. The van der Waals surface area contributed by atoms with Crippen LogP contribution in [0.3, 0.4) is 0 Å². The van der Waals surface area contributed by atoms with Gasteiger partial charge in [0.05, 0.1) is 13.2 Å². The highest BCUT2D eigenvalue weighted by Gasteiger charge is 2.27. The summed E-state index contributed by atoms with van der Waals surface area (Å²) < 4.78 is 5.33. The number of hydrogen-bond donors (Lipinski definition) is 2. The number of carbonyl (C=O) groups is 2. The molecule has 0 bridgehead atoms.